The zero-order chi connectivity index (χ0) is 25.7. The van der Waals surface area contributed by atoms with E-state index in [1.54, 1.807) is 25.3 Å². The number of para-hydroxylation sites is 2. The molecule has 7 heteroatoms. The molecule has 2 aromatic rings. The molecule has 36 heavy (non-hydrogen) atoms. The van der Waals surface area contributed by atoms with Crippen molar-refractivity contribution in [2.45, 2.75) is 51.0 Å². The van der Waals surface area contributed by atoms with Crippen LogP contribution in [-0.2, 0) is 15.1 Å². The van der Waals surface area contributed by atoms with Gasteiger partial charge in [0.25, 0.3) is 0 Å². The molecule has 0 aromatic heterocycles. The number of halogens is 1. The van der Waals surface area contributed by atoms with Gasteiger partial charge in [0, 0.05) is 44.2 Å². The van der Waals surface area contributed by atoms with E-state index >= 15 is 4.39 Å². The van der Waals surface area contributed by atoms with Gasteiger partial charge < -0.3 is 25.2 Å². The molecule has 1 aliphatic carbocycles. The predicted molar refractivity (Wildman–Crippen MR) is 137 cm³/mol. The van der Waals surface area contributed by atoms with Gasteiger partial charge in [-0.1, -0.05) is 30.3 Å². The van der Waals surface area contributed by atoms with Crippen LogP contribution in [0, 0.1) is 30.5 Å². The Morgan fingerprint density at radius 2 is 2.03 bits per heavy atom. The van der Waals surface area contributed by atoms with Gasteiger partial charge in [-0.25, -0.2) is 4.39 Å². The minimum Gasteiger partial charge on any atom is -0.454 e. The molecule has 1 amide bonds. The molecule has 2 fully saturated rings. The second kappa shape index (κ2) is 11.7. The highest BCUT2D eigenvalue weighted by atomic mass is 19.1. The minimum absolute atomic E-state index is 0.00216. The number of carbonyl (C=O) groups excluding carboxylic acids is 1. The van der Waals surface area contributed by atoms with Gasteiger partial charge in [-0.05, 0) is 75.6 Å². The quantitative estimate of drug-likeness (QED) is 0.436. The Morgan fingerprint density at radius 3 is 2.75 bits per heavy atom. The van der Waals surface area contributed by atoms with Crippen LogP contribution in [-0.4, -0.2) is 49.3 Å². The summed E-state index contributed by atoms with van der Waals surface area (Å²) >= 11 is 0. The van der Waals surface area contributed by atoms with Gasteiger partial charge >= 0.3 is 0 Å². The van der Waals surface area contributed by atoms with E-state index in [1.807, 2.05) is 30.0 Å². The molecule has 0 spiro atoms. The highest BCUT2D eigenvalue weighted by Crippen LogP contribution is 2.46. The molecule has 2 aliphatic rings. The number of carbonyl (C=O) groups is 1. The summed E-state index contributed by atoms with van der Waals surface area (Å²) < 4.78 is 26.6. The largest absolute Gasteiger partial charge is 0.454 e. The normalized spacial score (nSPS) is 23.2. The number of aliphatic hydroxyl groups is 1. The van der Waals surface area contributed by atoms with Crippen LogP contribution in [0.2, 0.25) is 0 Å². The first kappa shape index (κ1) is 26.6. The minimum atomic E-state index is -1.36. The lowest BCUT2D eigenvalue weighted by atomic mass is 9.73. The van der Waals surface area contributed by atoms with Crippen LogP contribution in [0.5, 0.6) is 11.5 Å². The molecule has 1 heterocycles. The van der Waals surface area contributed by atoms with Gasteiger partial charge in [0.1, 0.15) is 5.75 Å². The first-order valence-electron chi connectivity index (χ1n) is 13.1. The highest BCUT2D eigenvalue weighted by Gasteiger charge is 2.47. The van der Waals surface area contributed by atoms with Gasteiger partial charge in [0.05, 0.1) is 5.60 Å². The molecule has 196 valence electrons. The average molecular weight is 499 g/mol. The molecule has 6 nitrogen and oxygen atoms in total. The lowest BCUT2D eigenvalue weighted by Gasteiger charge is -2.43. The van der Waals surface area contributed by atoms with E-state index < -0.39 is 11.4 Å². The summed E-state index contributed by atoms with van der Waals surface area (Å²) in [6.07, 6.45) is 4.28. The number of hydrogen-bond acceptors (Lipinski definition) is 5. The summed E-state index contributed by atoms with van der Waals surface area (Å²) in [5.41, 5.74) is 5.74. The van der Waals surface area contributed by atoms with Crippen LogP contribution in [0.25, 0.3) is 0 Å². The van der Waals surface area contributed by atoms with E-state index in [1.165, 1.54) is 6.07 Å². The molecule has 0 bridgehead atoms. The van der Waals surface area contributed by atoms with Crippen LogP contribution < -0.4 is 10.5 Å². The third-order valence-corrected chi connectivity index (χ3v) is 7.85. The summed E-state index contributed by atoms with van der Waals surface area (Å²) in [5, 5.41) is 12.4. The van der Waals surface area contributed by atoms with Crippen molar-refractivity contribution in [2.24, 2.45) is 23.5 Å². The number of methoxy groups -OCH3 is 1. The Hall–Kier alpha value is -2.48. The lowest BCUT2D eigenvalue weighted by molar-refractivity contribution is -0.138. The number of nitrogens with zero attached hydrogens (tertiary/aromatic N) is 1. The van der Waals surface area contributed by atoms with Gasteiger partial charge in [0.15, 0.2) is 11.6 Å². The van der Waals surface area contributed by atoms with Gasteiger partial charge in [-0.15, -0.1) is 0 Å². The van der Waals surface area contributed by atoms with Crippen molar-refractivity contribution in [3.05, 3.63) is 59.4 Å². The topological polar surface area (TPSA) is 85.0 Å². The maximum atomic E-state index is 15.3. The number of piperidine rings is 1. The van der Waals surface area contributed by atoms with Crippen LogP contribution in [0.3, 0.4) is 0 Å². The molecular weight excluding hydrogens is 459 g/mol. The number of likely N-dealkylation sites (tertiary alicyclic amines) is 1. The zero-order valence-corrected chi connectivity index (χ0v) is 21.4. The summed E-state index contributed by atoms with van der Waals surface area (Å²) in [6, 6.07) is 12.2. The van der Waals surface area contributed by atoms with Crippen molar-refractivity contribution in [3.8, 4) is 11.5 Å². The van der Waals surface area contributed by atoms with Crippen LogP contribution >= 0.6 is 0 Å². The molecule has 3 N–H and O–H groups in total. The number of unbranched alkanes of at least 4 members (excludes halogenated alkanes) is 1. The third-order valence-electron chi connectivity index (χ3n) is 7.85. The van der Waals surface area contributed by atoms with Crippen molar-refractivity contribution in [1.29, 1.82) is 0 Å². The molecule has 2 aromatic carbocycles. The molecule has 4 rings (SSSR count). The fraction of sp³-hybridized carbons (Fsp3) is 0.552. The Kier molecular flexibility index (Phi) is 8.65. The fourth-order valence-electron chi connectivity index (χ4n) is 5.55. The zero-order valence-electron chi connectivity index (χ0n) is 21.4. The van der Waals surface area contributed by atoms with E-state index in [0.29, 0.717) is 50.4 Å². The van der Waals surface area contributed by atoms with Gasteiger partial charge in [-0.3, -0.25) is 4.79 Å². The van der Waals surface area contributed by atoms with Crippen LogP contribution in [0.1, 0.15) is 49.7 Å². The van der Waals surface area contributed by atoms with E-state index in [-0.39, 0.29) is 29.4 Å². The summed E-state index contributed by atoms with van der Waals surface area (Å²) in [4.78, 5) is 15.0. The molecule has 1 saturated heterocycles. The second-order valence-corrected chi connectivity index (χ2v) is 10.3. The lowest BCUT2D eigenvalue weighted by Crippen LogP contribution is -2.49. The summed E-state index contributed by atoms with van der Waals surface area (Å²) in [6.45, 7) is 4.14. The number of hydrogen-bond donors (Lipinski definition) is 2. The van der Waals surface area contributed by atoms with E-state index in [0.717, 1.165) is 31.2 Å². The number of nitrogens with two attached hydrogens (primary N) is 1. The number of aryl methyl sites for hydroxylation is 1. The standard InChI is InChI=1S/C29H39FN2O4/c1-20-9-3-4-13-26(20)36-27-24(11-7-12-25(27)30)29(34,14-5-6-16-35-2)22-10-8-15-32(19-22)28(33)23-17-21(23)18-31/h3-4,7,9,11-13,21-23,34H,5-6,8,10,14-19,31H2,1-2H3/t21-,22+,23+,29-/m0/s1. The number of ether oxygens (including phenoxy) is 2. The Morgan fingerprint density at radius 1 is 1.22 bits per heavy atom. The maximum Gasteiger partial charge on any atom is 0.226 e. The number of rotatable bonds is 11. The van der Waals surface area contributed by atoms with Crippen LogP contribution in [0.4, 0.5) is 4.39 Å². The van der Waals surface area contributed by atoms with Gasteiger partial charge in [-0.2, -0.15) is 0 Å². The molecule has 0 radical (unpaired) electrons. The van der Waals surface area contributed by atoms with E-state index in [4.69, 9.17) is 15.2 Å². The monoisotopic (exact) mass is 498 g/mol. The number of benzene rings is 2. The van der Waals surface area contributed by atoms with Gasteiger partial charge in [0.2, 0.25) is 5.91 Å². The third kappa shape index (κ3) is 5.74. The molecule has 1 aliphatic heterocycles. The van der Waals surface area contributed by atoms with Crippen molar-refractivity contribution < 1.29 is 23.8 Å². The predicted octanol–water partition coefficient (Wildman–Crippen LogP) is 4.76. The summed E-state index contributed by atoms with van der Waals surface area (Å²) in [7, 11) is 1.66. The molecule has 0 unspecified atom stereocenters. The molecule has 4 atom stereocenters. The molecule has 1 saturated carbocycles. The summed E-state index contributed by atoms with van der Waals surface area (Å²) in [5.74, 6) is 0.239. The fourth-order valence-corrected chi connectivity index (χ4v) is 5.55. The second-order valence-electron chi connectivity index (χ2n) is 10.3. The highest BCUT2D eigenvalue weighted by molar-refractivity contribution is 5.81. The Labute approximate surface area is 213 Å². The first-order chi connectivity index (χ1) is 17.4. The van der Waals surface area contributed by atoms with Crippen molar-refractivity contribution >= 4 is 5.91 Å². The maximum absolute atomic E-state index is 15.3. The first-order valence-corrected chi connectivity index (χ1v) is 13.1. The SMILES string of the molecule is COCCCC[C@@](O)(c1cccc(F)c1Oc1ccccc1C)[C@@H]1CCCN(C(=O)[C@@H]2C[C@H]2CN)C1. The van der Waals surface area contributed by atoms with E-state index in [2.05, 4.69) is 0 Å². The van der Waals surface area contributed by atoms with Crippen molar-refractivity contribution in [1.82, 2.24) is 4.90 Å². The Balaban J connectivity index is 1.66. The van der Waals surface area contributed by atoms with Crippen molar-refractivity contribution in [2.75, 3.05) is 33.4 Å². The van der Waals surface area contributed by atoms with E-state index in [9.17, 15) is 9.90 Å². The number of amides is 1. The van der Waals surface area contributed by atoms with Crippen LogP contribution in [0.15, 0.2) is 42.5 Å². The Bertz CT molecular complexity index is 1050. The van der Waals surface area contributed by atoms with Crippen molar-refractivity contribution in [3.63, 3.8) is 0 Å². The smallest absolute Gasteiger partial charge is 0.226 e. The average Bonchev–Trinajstić information content (AvgIpc) is 3.68. The molecular formula is C29H39FN2O4.